The van der Waals surface area contributed by atoms with Crippen LogP contribution in [-0.2, 0) is 14.3 Å². The normalized spacial score (nSPS) is 12.8. The van der Waals surface area contributed by atoms with Gasteiger partial charge in [0.05, 0.1) is 4.90 Å². The number of halogens is 3. The topological polar surface area (TPSA) is 43.4 Å². The van der Waals surface area contributed by atoms with Crippen LogP contribution in [0.1, 0.15) is 0 Å². The van der Waals surface area contributed by atoms with Gasteiger partial charge in [-0.2, -0.15) is 12.6 Å². The standard InChI is InChI=1S/C7H5F3O3S/c8-7(9,10)13-14(11,12)6-4-2-1-3-5-6/h1-5H. The summed E-state index contributed by atoms with van der Waals surface area (Å²) in [6.07, 6.45) is -5.20. The highest BCUT2D eigenvalue weighted by Gasteiger charge is 2.37. The van der Waals surface area contributed by atoms with Crippen LogP contribution in [0.25, 0.3) is 0 Å². The molecule has 0 unspecified atom stereocenters. The van der Waals surface area contributed by atoms with E-state index >= 15 is 0 Å². The van der Waals surface area contributed by atoms with E-state index in [0.717, 1.165) is 12.1 Å². The molecule has 0 saturated heterocycles. The SMILES string of the molecule is O=S(=O)(OC(F)(F)F)c1ccccc1. The maximum absolute atomic E-state index is 11.6. The van der Waals surface area contributed by atoms with Crippen molar-refractivity contribution in [3.8, 4) is 0 Å². The molecule has 3 nitrogen and oxygen atoms in total. The first-order valence-corrected chi connectivity index (χ1v) is 4.79. The highest BCUT2D eigenvalue weighted by molar-refractivity contribution is 7.86. The maximum Gasteiger partial charge on any atom is 0.537 e. The molecule has 0 bridgehead atoms. The Hall–Kier alpha value is -1.08. The smallest absolute Gasteiger partial charge is 0.194 e. The molecule has 0 aliphatic carbocycles. The van der Waals surface area contributed by atoms with Crippen LogP contribution < -0.4 is 0 Å². The zero-order valence-electron chi connectivity index (χ0n) is 6.65. The van der Waals surface area contributed by atoms with E-state index in [0.29, 0.717) is 0 Å². The first kappa shape index (κ1) is 11.0. The van der Waals surface area contributed by atoms with Gasteiger partial charge in [-0.05, 0) is 12.1 Å². The average molecular weight is 226 g/mol. The Morgan fingerprint density at radius 1 is 1.07 bits per heavy atom. The third-order valence-electron chi connectivity index (χ3n) is 1.24. The van der Waals surface area contributed by atoms with Gasteiger partial charge in [-0.1, -0.05) is 18.2 Å². The predicted molar refractivity (Wildman–Crippen MR) is 40.8 cm³/mol. The van der Waals surface area contributed by atoms with Crippen molar-refractivity contribution in [2.24, 2.45) is 0 Å². The third-order valence-corrected chi connectivity index (χ3v) is 2.49. The van der Waals surface area contributed by atoms with Crippen LogP contribution in [0.2, 0.25) is 0 Å². The van der Waals surface area contributed by atoms with Crippen molar-refractivity contribution < 1.29 is 25.8 Å². The van der Waals surface area contributed by atoms with Gasteiger partial charge >= 0.3 is 16.5 Å². The van der Waals surface area contributed by atoms with Crippen molar-refractivity contribution in [2.45, 2.75) is 11.3 Å². The molecule has 0 saturated carbocycles. The number of rotatable bonds is 2. The number of hydrogen-bond acceptors (Lipinski definition) is 3. The molecular weight excluding hydrogens is 221 g/mol. The number of benzene rings is 1. The minimum Gasteiger partial charge on any atom is -0.194 e. The van der Waals surface area contributed by atoms with E-state index in [9.17, 15) is 21.6 Å². The molecule has 14 heavy (non-hydrogen) atoms. The molecule has 1 rings (SSSR count). The Morgan fingerprint density at radius 3 is 2.00 bits per heavy atom. The lowest BCUT2D eigenvalue weighted by molar-refractivity contribution is -0.271. The van der Waals surface area contributed by atoms with Crippen molar-refractivity contribution >= 4 is 10.1 Å². The van der Waals surface area contributed by atoms with Crippen LogP contribution in [0.5, 0.6) is 0 Å². The van der Waals surface area contributed by atoms with Crippen LogP contribution in [0, 0.1) is 0 Å². The van der Waals surface area contributed by atoms with Gasteiger partial charge in [-0.3, -0.25) is 0 Å². The Morgan fingerprint density at radius 2 is 1.57 bits per heavy atom. The van der Waals surface area contributed by atoms with E-state index in [1.54, 1.807) is 0 Å². The predicted octanol–water partition coefficient (Wildman–Crippen LogP) is 1.91. The summed E-state index contributed by atoms with van der Waals surface area (Å²) in [7, 11) is -4.74. The molecule has 0 atom stereocenters. The molecule has 0 amide bonds. The molecule has 1 aromatic carbocycles. The minimum atomic E-state index is -5.20. The lowest BCUT2D eigenvalue weighted by Crippen LogP contribution is -2.19. The molecule has 0 aliphatic rings. The zero-order chi connectivity index (χ0) is 10.8. The van der Waals surface area contributed by atoms with Crippen molar-refractivity contribution in [2.75, 3.05) is 0 Å². The fraction of sp³-hybridized carbons (Fsp3) is 0.143. The van der Waals surface area contributed by atoms with Crippen LogP contribution >= 0.6 is 0 Å². The lowest BCUT2D eigenvalue weighted by Gasteiger charge is -2.07. The maximum atomic E-state index is 11.6. The summed E-state index contributed by atoms with van der Waals surface area (Å²) in [6, 6.07) is 6.11. The van der Waals surface area contributed by atoms with Crippen LogP contribution in [0.15, 0.2) is 35.2 Å². The molecule has 0 fully saturated rings. The molecule has 0 N–H and O–H groups in total. The van der Waals surface area contributed by atoms with Gasteiger partial charge in [-0.15, -0.1) is 13.2 Å². The Labute approximate surface area is 78.2 Å². The summed E-state index contributed by atoms with van der Waals surface area (Å²) in [4.78, 5) is -0.530. The van der Waals surface area contributed by atoms with E-state index < -0.39 is 21.4 Å². The Kier molecular flexibility index (Phi) is 2.81. The quantitative estimate of drug-likeness (QED) is 0.723. The van der Waals surface area contributed by atoms with Crippen molar-refractivity contribution in [3.05, 3.63) is 30.3 Å². The van der Waals surface area contributed by atoms with Gasteiger partial charge in [-0.25, -0.2) is 0 Å². The first-order valence-electron chi connectivity index (χ1n) is 3.39. The van der Waals surface area contributed by atoms with Gasteiger partial charge in [0.25, 0.3) is 0 Å². The second kappa shape index (κ2) is 3.58. The molecule has 78 valence electrons. The lowest BCUT2D eigenvalue weighted by atomic mass is 10.4. The van der Waals surface area contributed by atoms with E-state index in [1.165, 1.54) is 18.2 Å². The molecule has 0 aromatic heterocycles. The van der Waals surface area contributed by atoms with Crippen molar-refractivity contribution in [3.63, 3.8) is 0 Å². The van der Waals surface area contributed by atoms with E-state index in [1.807, 2.05) is 0 Å². The Balaban J connectivity index is 2.99. The van der Waals surface area contributed by atoms with Crippen LogP contribution in [0.4, 0.5) is 13.2 Å². The highest BCUT2D eigenvalue weighted by Crippen LogP contribution is 2.23. The molecular formula is C7H5F3O3S. The summed E-state index contributed by atoms with van der Waals surface area (Å²) in [6.45, 7) is 0. The Bertz CT molecular complexity index is 396. The zero-order valence-corrected chi connectivity index (χ0v) is 7.47. The summed E-state index contributed by atoms with van der Waals surface area (Å²) in [5.74, 6) is 0. The summed E-state index contributed by atoms with van der Waals surface area (Å²) in [5.41, 5.74) is 0. The molecule has 1 aromatic rings. The first-order chi connectivity index (χ1) is 6.31. The minimum absolute atomic E-state index is 0.530. The molecule has 0 heterocycles. The highest BCUT2D eigenvalue weighted by atomic mass is 32.2. The second-order valence-corrected chi connectivity index (χ2v) is 3.84. The van der Waals surface area contributed by atoms with Crippen LogP contribution in [0.3, 0.4) is 0 Å². The monoisotopic (exact) mass is 226 g/mol. The fourth-order valence-electron chi connectivity index (χ4n) is 0.760. The summed E-state index contributed by atoms with van der Waals surface area (Å²) < 4.78 is 59.7. The van der Waals surface area contributed by atoms with E-state index in [2.05, 4.69) is 4.18 Å². The van der Waals surface area contributed by atoms with Gasteiger partial charge in [0, 0.05) is 0 Å². The van der Waals surface area contributed by atoms with Gasteiger partial charge in [0.2, 0.25) is 0 Å². The molecule has 0 aliphatic heterocycles. The fourth-order valence-corrected chi connectivity index (χ4v) is 1.60. The number of alkyl halides is 3. The van der Waals surface area contributed by atoms with E-state index in [4.69, 9.17) is 0 Å². The number of hydrogen-bond donors (Lipinski definition) is 0. The van der Waals surface area contributed by atoms with Gasteiger partial charge in [0.15, 0.2) is 0 Å². The van der Waals surface area contributed by atoms with Crippen LogP contribution in [-0.4, -0.2) is 14.8 Å². The molecule has 7 heteroatoms. The largest absolute Gasteiger partial charge is 0.537 e. The summed E-state index contributed by atoms with van der Waals surface area (Å²) >= 11 is 0. The third kappa shape index (κ3) is 3.00. The van der Waals surface area contributed by atoms with Gasteiger partial charge in [0.1, 0.15) is 0 Å². The molecule has 0 radical (unpaired) electrons. The van der Waals surface area contributed by atoms with Crippen molar-refractivity contribution in [1.29, 1.82) is 0 Å². The van der Waals surface area contributed by atoms with Gasteiger partial charge < -0.3 is 0 Å². The second-order valence-electron chi connectivity index (χ2n) is 2.30. The average Bonchev–Trinajstić information content (AvgIpc) is 2.01. The molecule has 0 spiro atoms. The summed E-state index contributed by atoms with van der Waals surface area (Å²) in [5, 5.41) is 0. The van der Waals surface area contributed by atoms with E-state index in [-0.39, 0.29) is 0 Å². The van der Waals surface area contributed by atoms with Crippen molar-refractivity contribution in [1.82, 2.24) is 0 Å².